The average Bonchev–Trinajstić information content (AvgIpc) is 2.44. The van der Waals surface area contributed by atoms with E-state index in [2.05, 4.69) is 50.4 Å². The second kappa shape index (κ2) is 6.76. The van der Waals surface area contributed by atoms with Crippen LogP contribution < -0.4 is 5.32 Å². The monoisotopic (exact) mass is 259 g/mol. The third kappa shape index (κ3) is 3.60. The van der Waals surface area contributed by atoms with Crippen LogP contribution in [-0.2, 0) is 4.74 Å². The Labute approximate surface area is 116 Å². The fourth-order valence-corrected chi connectivity index (χ4v) is 2.50. The van der Waals surface area contributed by atoms with E-state index in [4.69, 9.17) is 4.74 Å². The molecule has 1 aromatic rings. The van der Waals surface area contributed by atoms with E-state index in [-0.39, 0.29) is 6.04 Å². The predicted molar refractivity (Wildman–Crippen MR) is 80.2 cm³/mol. The van der Waals surface area contributed by atoms with Crippen LogP contribution in [0, 0.1) is 13.8 Å². The topological polar surface area (TPSA) is 21.3 Å². The lowest BCUT2D eigenvalue weighted by Crippen LogP contribution is -2.27. The maximum Gasteiger partial charge on any atom is 0.113 e. The van der Waals surface area contributed by atoms with Gasteiger partial charge in [0, 0.05) is 0 Å². The van der Waals surface area contributed by atoms with Crippen molar-refractivity contribution in [3.05, 3.63) is 46.7 Å². The molecule has 1 aliphatic heterocycles. The number of aryl methyl sites for hydroxylation is 2. The van der Waals surface area contributed by atoms with Gasteiger partial charge in [0.25, 0.3) is 0 Å². The van der Waals surface area contributed by atoms with Crippen molar-refractivity contribution in [1.29, 1.82) is 0 Å². The van der Waals surface area contributed by atoms with Gasteiger partial charge in [-0.1, -0.05) is 30.7 Å². The fourth-order valence-electron chi connectivity index (χ4n) is 2.50. The van der Waals surface area contributed by atoms with Gasteiger partial charge in [-0.3, -0.25) is 0 Å². The Balaban J connectivity index is 2.30. The zero-order valence-corrected chi connectivity index (χ0v) is 12.3. The molecule has 1 aromatic carbocycles. The molecule has 0 saturated carbocycles. The summed E-state index contributed by atoms with van der Waals surface area (Å²) < 4.78 is 5.89. The Morgan fingerprint density at radius 3 is 2.84 bits per heavy atom. The quantitative estimate of drug-likeness (QED) is 0.861. The molecule has 2 nitrogen and oxygen atoms in total. The third-order valence-electron chi connectivity index (χ3n) is 3.59. The minimum atomic E-state index is 0.208. The van der Waals surface area contributed by atoms with E-state index >= 15 is 0 Å². The molecule has 0 aliphatic carbocycles. The highest BCUT2D eigenvalue weighted by Crippen LogP contribution is 2.29. The van der Waals surface area contributed by atoms with Crippen LogP contribution in [0.5, 0.6) is 0 Å². The molecule has 0 radical (unpaired) electrons. The molecule has 1 atom stereocenters. The molecule has 1 aliphatic rings. The Bertz CT molecular complexity index is 451. The van der Waals surface area contributed by atoms with E-state index in [1.165, 1.54) is 16.7 Å². The number of nitrogens with one attached hydrogen (secondary N) is 1. The fraction of sp³-hybridized carbons (Fsp3) is 0.529. The molecule has 1 unspecified atom stereocenters. The summed E-state index contributed by atoms with van der Waals surface area (Å²) >= 11 is 0. The highest BCUT2D eigenvalue weighted by molar-refractivity contribution is 5.36. The second-order valence-corrected chi connectivity index (χ2v) is 5.34. The standard InChI is InChI=1S/C17H25NO/c1-4-10-18-17(16-7-5-6-11-19-16)15-12-13(2)8-9-14(15)3/h7-9,12,17-18H,4-6,10-11H2,1-3H3. The van der Waals surface area contributed by atoms with E-state index in [9.17, 15) is 0 Å². The van der Waals surface area contributed by atoms with Crippen molar-refractivity contribution < 1.29 is 4.74 Å². The second-order valence-electron chi connectivity index (χ2n) is 5.34. The first kappa shape index (κ1) is 14.1. The van der Waals surface area contributed by atoms with Crippen molar-refractivity contribution >= 4 is 0 Å². The molecule has 0 amide bonds. The summed E-state index contributed by atoms with van der Waals surface area (Å²) in [7, 11) is 0. The number of ether oxygens (including phenoxy) is 1. The summed E-state index contributed by atoms with van der Waals surface area (Å²) in [6.07, 6.45) is 5.65. The lowest BCUT2D eigenvalue weighted by atomic mass is 9.96. The molecule has 0 aromatic heterocycles. The van der Waals surface area contributed by atoms with Gasteiger partial charge in [-0.2, -0.15) is 0 Å². The third-order valence-corrected chi connectivity index (χ3v) is 3.59. The normalized spacial score (nSPS) is 16.7. The Morgan fingerprint density at radius 1 is 1.32 bits per heavy atom. The maximum atomic E-state index is 5.89. The first-order chi connectivity index (χ1) is 9.22. The molecule has 2 heteroatoms. The molecule has 0 bridgehead atoms. The SMILES string of the molecule is CCCNC(C1=CCCCO1)c1cc(C)ccc1C. The summed E-state index contributed by atoms with van der Waals surface area (Å²) in [6, 6.07) is 6.86. The lowest BCUT2D eigenvalue weighted by molar-refractivity contribution is 0.167. The predicted octanol–water partition coefficient (Wildman–Crippen LogP) is 4.04. The van der Waals surface area contributed by atoms with Crippen molar-refractivity contribution in [3.8, 4) is 0 Å². The summed E-state index contributed by atoms with van der Waals surface area (Å²) in [5.41, 5.74) is 3.98. The highest BCUT2D eigenvalue weighted by Gasteiger charge is 2.20. The van der Waals surface area contributed by atoms with E-state index < -0.39 is 0 Å². The van der Waals surface area contributed by atoms with Crippen molar-refractivity contribution in [2.45, 2.75) is 46.1 Å². The van der Waals surface area contributed by atoms with Crippen molar-refractivity contribution in [2.24, 2.45) is 0 Å². The van der Waals surface area contributed by atoms with Gasteiger partial charge in [0.15, 0.2) is 0 Å². The van der Waals surface area contributed by atoms with Crippen LogP contribution in [0.25, 0.3) is 0 Å². The Morgan fingerprint density at radius 2 is 2.16 bits per heavy atom. The lowest BCUT2D eigenvalue weighted by Gasteiger charge is -2.26. The molecule has 0 fully saturated rings. The minimum Gasteiger partial charge on any atom is -0.496 e. The molecule has 1 N–H and O–H groups in total. The van der Waals surface area contributed by atoms with E-state index in [0.29, 0.717) is 0 Å². The zero-order valence-electron chi connectivity index (χ0n) is 12.3. The summed E-state index contributed by atoms with van der Waals surface area (Å²) in [5.74, 6) is 1.10. The van der Waals surface area contributed by atoms with E-state index in [1.807, 2.05) is 0 Å². The molecular weight excluding hydrogens is 234 g/mol. The summed E-state index contributed by atoms with van der Waals surface area (Å²) in [6.45, 7) is 8.39. The first-order valence-corrected chi connectivity index (χ1v) is 7.35. The van der Waals surface area contributed by atoms with Gasteiger partial charge in [-0.05, 0) is 56.9 Å². The highest BCUT2D eigenvalue weighted by atomic mass is 16.5. The number of allylic oxidation sites excluding steroid dienone is 1. The van der Waals surface area contributed by atoms with Gasteiger partial charge in [0.05, 0.1) is 12.6 Å². The Hall–Kier alpha value is -1.28. The molecular formula is C17H25NO. The van der Waals surface area contributed by atoms with Crippen LogP contribution in [-0.4, -0.2) is 13.2 Å². The molecule has 0 spiro atoms. The van der Waals surface area contributed by atoms with E-state index in [1.54, 1.807) is 0 Å². The minimum absolute atomic E-state index is 0.208. The van der Waals surface area contributed by atoms with Gasteiger partial charge in [-0.25, -0.2) is 0 Å². The number of benzene rings is 1. The molecule has 0 saturated heterocycles. The smallest absolute Gasteiger partial charge is 0.113 e. The summed E-state index contributed by atoms with van der Waals surface area (Å²) in [4.78, 5) is 0. The number of hydrogen-bond acceptors (Lipinski definition) is 2. The summed E-state index contributed by atoms with van der Waals surface area (Å²) in [5, 5.41) is 3.63. The van der Waals surface area contributed by atoms with Crippen LogP contribution in [0.15, 0.2) is 30.0 Å². The van der Waals surface area contributed by atoms with Crippen molar-refractivity contribution in [1.82, 2.24) is 5.32 Å². The number of rotatable bonds is 5. The van der Waals surface area contributed by atoms with Gasteiger partial charge in [-0.15, -0.1) is 0 Å². The van der Waals surface area contributed by atoms with Crippen LogP contribution in [0.4, 0.5) is 0 Å². The molecule has 1 heterocycles. The molecule has 104 valence electrons. The Kier molecular flexibility index (Phi) is 5.03. The first-order valence-electron chi connectivity index (χ1n) is 7.35. The van der Waals surface area contributed by atoms with E-state index in [0.717, 1.165) is 38.2 Å². The van der Waals surface area contributed by atoms with Gasteiger partial charge < -0.3 is 10.1 Å². The van der Waals surface area contributed by atoms with Gasteiger partial charge >= 0.3 is 0 Å². The van der Waals surface area contributed by atoms with Crippen LogP contribution >= 0.6 is 0 Å². The molecule has 2 rings (SSSR count). The largest absolute Gasteiger partial charge is 0.496 e. The van der Waals surface area contributed by atoms with Gasteiger partial charge in [0.2, 0.25) is 0 Å². The van der Waals surface area contributed by atoms with Crippen molar-refractivity contribution in [3.63, 3.8) is 0 Å². The number of hydrogen-bond donors (Lipinski definition) is 1. The average molecular weight is 259 g/mol. The van der Waals surface area contributed by atoms with Gasteiger partial charge in [0.1, 0.15) is 5.76 Å². The maximum absolute atomic E-state index is 5.89. The van der Waals surface area contributed by atoms with Crippen LogP contribution in [0.1, 0.15) is 48.9 Å². The molecule has 19 heavy (non-hydrogen) atoms. The van der Waals surface area contributed by atoms with Crippen LogP contribution in [0.2, 0.25) is 0 Å². The zero-order chi connectivity index (χ0) is 13.7. The van der Waals surface area contributed by atoms with Crippen LogP contribution in [0.3, 0.4) is 0 Å². The van der Waals surface area contributed by atoms with Crippen molar-refractivity contribution in [2.75, 3.05) is 13.2 Å².